The van der Waals surface area contributed by atoms with Crippen molar-refractivity contribution in [2.24, 2.45) is 11.7 Å². The van der Waals surface area contributed by atoms with Crippen molar-refractivity contribution >= 4 is 5.97 Å². The van der Waals surface area contributed by atoms with Gasteiger partial charge in [0, 0.05) is 6.54 Å². The van der Waals surface area contributed by atoms with Crippen molar-refractivity contribution in [3.8, 4) is 0 Å². The molecule has 0 spiro atoms. The number of hydrogen-bond acceptors (Lipinski definition) is 2. The second-order valence-electron chi connectivity index (χ2n) is 5.39. The van der Waals surface area contributed by atoms with Crippen LogP contribution in [0.1, 0.15) is 36.8 Å². The molecule has 0 amide bonds. The third-order valence-electron chi connectivity index (χ3n) is 4.09. The minimum Gasteiger partial charge on any atom is -0.481 e. The summed E-state index contributed by atoms with van der Waals surface area (Å²) in [5.41, 5.74) is 6.82. The molecule has 3 heteroatoms. The van der Waals surface area contributed by atoms with Crippen molar-refractivity contribution in [3.63, 3.8) is 0 Å². The van der Waals surface area contributed by atoms with Crippen molar-refractivity contribution in [2.45, 2.75) is 38.0 Å². The maximum absolute atomic E-state index is 11.8. The minimum absolute atomic E-state index is 0.167. The zero-order valence-electron chi connectivity index (χ0n) is 10.9. The van der Waals surface area contributed by atoms with Gasteiger partial charge in [0.15, 0.2) is 0 Å². The van der Waals surface area contributed by atoms with E-state index in [4.69, 9.17) is 5.73 Å². The smallest absolute Gasteiger partial charge is 0.315 e. The van der Waals surface area contributed by atoms with Gasteiger partial charge in [-0.2, -0.15) is 0 Å². The fourth-order valence-electron chi connectivity index (χ4n) is 2.62. The Balaban J connectivity index is 2.32. The summed E-state index contributed by atoms with van der Waals surface area (Å²) in [5, 5.41) is 9.65. The first-order chi connectivity index (χ1) is 8.60. The first kappa shape index (κ1) is 13.1. The lowest BCUT2D eigenvalue weighted by Crippen LogP contribution is -2.43. The highest BCUT2D eigenvalue weighted by atomic mass is 16.4. The molecule has 0 saturated heterocycles. The molecule has 2 rings (SSSR count). The Hall–Kier alpha value is -1.35. The molecule has 3 nitrogen and oxygen atoms in total. The molecule has 0 heterocycles. The van der Waals surface area contributed by atoms with Gasteiger partial charge in [0.25, 0.3) is 0 Å². The molecule has 0 aliphatic heterocycles. The molecule has 1 aliphatic carbocycles. The first-order valence-electron chi connectivity index (χ1n) is 6.60. The number of carboxylic acids is 1. The van der Waals surface area contributed by atoms with Crippen LogP contribution >= 0.6 is 0 Å². The van der Waals surface area contributed by atoms with Gasteiger partial charge in [-0.1, -0.05) is 37.1 Å². The van der Waals surface area contributed by atoms with E-state index < -0.39 is 11.4 Å². The van der Waals surface area contributed by atoms with Gasteiger partial charge < -0.3 is 10.8 Å². The Kier molecular flexibility index (Phi) is 3.71. The molecule has 1 fully saturated rings. The Labute approximate surface area is 108 Å². The third-order valence-corrected chi connectivity index (χ3v) is 4.09. The predicted molar refractivity (Wildman–Crippen MR) is 71.5 cm³/mol. The number of aryl methyl sites for hydroxylation is 1. The van der Waals surface area contributed by atoms with Gasteiger partial charge >= 0.3 is 5.97 Å². The van der Waals surface area contributed by atoms with Crippen molar-refractivity contribution in [3.05, 3.63) is 35.4 Å². The zero-order chi connectivity index (χ0) is 13.2. The second kappa shape index (κ2) is 5.11. The molecular formula is C15H21NO2. The van der Waals surface area contributed by atoms with Gasteiger partial charge in [0.2, 0.25) is 0 Å². The van der Waals surface area contributed by atoms with E-state index in [-0.39, 0.29) is 6.54 Å². The summed E-state index contributed by atoms with van der Waals surface area (Å²) >= 11 is 0. The predicted octanol–water partition coefficient (Wildman–Crippen LogP) is 2.47. The van der Waals surface area contributed by atoms with Crippen LogP contribution in [0, 0.1) is 12.8 Å². The molecule has 1 atom stereocenters. The van der Waals surface area contributed by atoms with Gasteiger partial charge in [-0.3, -0.25) is 4.79 Å². The summed E-state index contributed by atoms with van der Waals surface area (Å²) in [6.45, 7) is 2.12. The van der Waals surface area contributed by atoms with Crippen LogP contribution in [0.2, 0.25) is 0 Å². The average Bonchev–Trinajstić information content (AvgIpc) is 3.16. The number of aliphatic carboxylic acids is 1. The summed E-state index contributed by atoms with van der Waals surface area (Å²) in [6, 6.07) is 7.69. The number of nitrogens with two attached hydrogens (primary N) is 1. The molecule has 0 radical (unpaired) electrons. The van der Waals surface area contributed by atoms with Crippen LogP contribution in [0.4, 0.5) is 0 Å². The molecule has 1 aromatic carbocycles. The minimum atomic E-state index is -0.909. The van der Waals surface area contributed by atoms with E-state index in [0.29, 0.717) is 6.42 Å². The van der Waals surface area contributed by atoms with E-state index in [1.807, 2.05) is 31.2 Å². The summed E-state index contributed by atoms with van der Waals surface area (Å²) in [4.78, 5) is 11.8. The normalized spacial score (nSPS) is 18.3. The topological polar surface area (TPSA) is 63.3 Å². The van der Waals surface area contributed by atoms with Crippen LogP contribution in [0.3, 0.4) is 0 Å². The van der Waals surface area contributed by atoms with Crippen LogP contribution in [0.5, 0.6) is 0 Å². The molecule has 1 aliphatic rings. The SMILES string of the molecule is Cc1ccccc1C(CN)(CCC1CC1)C(=O)O. The van der Waals surface area contributed by atoms with Crippen molar-refractivity contribution in [1.29, 1.82) is 0 Å². The lowest BCUT2D eigenvalue weighted by molar-refractivity contribution is -0.143. The highest BCUT2D eigenvalue weighted by molar-refractivity contribution is 5.82. The lowest BCUT2D eigenvalue weighted by atomic mass is 9.74. The van der Waals surface area contributed by atoms with E-state index in [1.54, 1.807) is 0 Å². The largest absolute Gasteiger partial charge is 0.481 e. The van der Waals surface area contributed by atoms with Gasteiger partial charge in [-0.05, 0) is 36.8 Å². The van der Waals surface area contributed by atoms with E-state index in [9.17, 15) is 9.90 Å². The Morgan fingerprint density at radius 2 is 2.11 bits per heavy atom. The van der Waals surface area contributed by atoms with Crippen molar-refractivity contribution < 1.29 is 9.90 Å². The lowest BCUT2D eigenvalue weighted by Gasteiger charge is -2.30. The van der Waals surface area contributed by atoms with Gasteiger partial charge in [-0.25, -0.2) is 0 Å². The van der Waals surface area contributed by atoms with E-state index in [1.165, 1.54) is 12.8 Å². The van der Waals surface area contributed by atoms with E-state index in [2.05, 4.69) is 0 Å². The van der Waals surface area contributed by atoms with Crippen LogP contribution in [0.25, 0.3) is 0 Å². The Morgan fingerprint density at radius 1 is 1.44 bits per heavy atom. The Morgan fingerprint density at radius 3 is 2.61 bits per heavy atom. The third kappa shape index (κ3) is 2.41. The van der Waals surface area contributed by atoms with Gasteiger partial charge in [0.1, 0.15) is 5.41 Å². The summed E-state index contributed by atoms with van der Waals surface area (Å²) < 4.78 is 0. The number of rotatable bonds is 6. The highest BCUT2D eigenvalue weighted by Crippen LogP contribution is 2.39. The fourth-order valence-corrected chi connectivity index (χ4v) is 2.62. The quantitative estimate of drug-likeness (QED) is 0.811. The van der Waals surface area contributed by atoms with Crippen molar-refractivity contribution in [2.75, 3.05) is 6.54 Å². The molecule has 1 aromatic rings. The standard InChI is InChI=1S/C15H21NO2/c1-11-4-2-3-5-13(11)15(10-16,14(17)18)9-8-12-6-7-12/h2-5,12H,6-10,16H2,1H3,(H,17,18). The summed E-state index contributed by atoms with van der Waals surface area (Å²) in [5.74, 6) is -0.0701. The molecule has 1 unspecified atom stereocenters. The van der Waals surface area contributed by atoms with Crippen LogP contribution in [-0.2, 0) is 10.2 Å². The number of benzene rings is 1. The average molecular weight is 247 g/mol. The molecule has 0 aromatic heterocycles. The van der Waals surface area contributed by atoms with E-state index in [0.717, 1.165) is 23.5 Å². The molecule has 0 bridgehead atoms. The van der Waals surface area contributed by atoms with Crippen LogP contribution < -0.4 is 5.73 Å². The van der Waals surface area contributed by atoms with Crippen molar-refractivity contribution in [1.82, 2.24) is 0 Å². The maximum atomic E-state index is 11.8. The monoisotopic (exact) mass is 247 g/mol. The van der Waals surface area contributed by atoms with Crippen LogP contribution in [0.15, 0.2) is 24.3 Å². The molecule has 3 N–H and O–H groups in total. The maximum Gasteiger partial charge on any atom is 0.315 e. The number of carbonyl (C=O) groups is 1. The fraction of sp³-hybridized carbons (Fsp3) is 0.533. The number of carboxylic acid groups (broad SMARTS) is 1. The van der Waals surface area contributed by atoms with E-state index >= 15 is 0 Å². The van der Waals surface area contributed by atoms with Crippen LogP contribution in [-0.4, -0.2) is 17.6 Å². The summed E-state index contributed by atoms with van der Waals surface area (Å²) in [7, 11) is 0. The first-order valence-corrected chi connectivity index (χ1v) is 6.60. The molecule has 98 valence electrons. The molecule has 1 saturated carbocycles. The van der Waals surface area contributed by atoms with Gasteiger partial charge in [-0.15, -0.1) is 0 Å². The van der Waals surface area contributed by atoms with Gasteiger partial charge in [0.05, 0.1) is 0 Å². The molecular weight excluding hydrogens is 226 g/mol. The summed E-state index contributed by atoms with van der Waals surface area (Å²) in [6.07, 6.45) is 4.11. The Bertz CT molecular complexity index is 440. The zero-order valence-corrected chi connectivity index (χ0v) is 10.9. The molecule has 18 heavy (non-hydrogen) atoms. The number of hydrogen-bond donors (Lipinski definition) is 2. The second-order valence-corrected chi connectivity index (χ2v) is 5.39. The highest BCUT2D eigenvalue weighted by Gasteiger charge is 2.41.